The third kappa shape index (κ3) is 2.30. The second kappa shape index (κ2) is 4.81. The molecule has 1 aromatic carbocycles. The number of benzene rings is 1. The van der Waals surface area contributed by atoms with E-state index in [-0.39, 0.29) is 6.04 Å². The molecule has 0 fully saturated rings. The first-order valence-corrected chi connectivity index (χ1v) is 5.91. The Bertz CT molecular complexity index is 541. The van der Waals surface area contributed by atoms with Gasteiger partial charge in [-0.25, -0.2) is 0 Å². The number of hydrogen-bond donors (Lipinski definition) is 1. The third-order valence-electron chi connectivity index (χ3n) is 2.86. The van der Waals surface area contributed by atoms with Crippen LogP contribution in [0, 0.1) is 4.77 Å². The van der Waals surface area contributed by atoms with E-state index < -0.39 is 0 Å². The molecular formula is C12H16N4S. The van der Waals surface area contributed by atoms with Gasteiger partial charge in [-0.2, -0.15) is 5.10 Å². The van der Waals surface area contributed by atoms with E-state index in [0.717, 1.165) is 11.5 Å². The van der Waals surface area contributed by atoms with Gasteiger partial charge in [0.25, 0.3) is 0 Å². The minimum atomic E-state index is 0.197. The first-order valence-electron chi connectivity index (χ1n) is 5.50. The summed E-state index contributed by atoms with van der Waals surface area (Å²) in [7, 11) is 4.05. The summed E-state index contributed by atoms with van der Waals surface area (Å²) in [5.41, 5.74) is 1.04. The molecule has 1 N–H and O–H groups in total. The molecule has 0 amide bonds. The molecule has 90 valence electrons. The van der Waals surface area contributed by atoms with Crippen LogP contribution >= 0.6 is 12.2 Å². The van der Waals surface area contributed by atoms with Crippen LogP contribution in [0.5, 0.6) is 0 Å². The fraction of sp³-hybridized carbons (Fsp3) is 0.333. The summed E-state index contributed by atoms with van der Waals surface area (Å²) < 4.78 is 2.60. The molecule has 4 nitrogen and oxygen atoms in total. The van der Waals surface area contributed by atoms with E-state index in [2.05, 4.69) is 22.0 Å². The van der Waals surface area contributed by atoms with Crippen molar-refractivity contribution < 1.29 is 0 Å². The number of nitrogens with one attached hydrogen (secondary N) is 1. The molecule has 0 spiro atoms. The SMILES string of the molecule is C[C@H](c1n[nH]c(=S)n1-c1ccccc1)N(C)C. The Morgan fingerprint density at radius 1 is 1.29 bits per heavy atom. The maximum Gasteiger partial charge on any atom is 0.199 e. The molecule has 0 radical (unpaired) electrons. The number of rotatable bonds is 3. The molecule has 1 aromatic heterocycles. The predicted octanol–water partition coefficient (Wildman–Crippen LogP) is 2.55. The molecule has 0 aliphatic rings. The molecule has 5 heteroatoms. The Kier molecular flexibility index (Phi) is 3.40. The Labute approximate surface area is 106 Å². The van der Waals surface area contributed by atoms with Gasteiger partial charge in [0.05, 0.1) is 6.04 Å². The largest absolute Gasteiger partial charge is 0.300 e. The van der Waals surface area contributed by atoms with Crippen molar-refractivity contribution in [2.24, 2.45) is 0 Å². The summed E-state index contributed by atoms with van der Waals surface area (Å²) in [4.78, 5) is 2.10. The molecule has 0 aliphatic carbocycles. The lowest BCUT2D eigenvalue weighted by Crippen LogP contribution is -2.20. The summed E-state index contributed by atoms with van der Waals surface area (Å²) in [5, 5.41) is 7.18. The first kappa shape index (κ1) is 12.0. The van der Waals surface area contributed by atoms with Crippen molar-refractivity contribution in [3.05, 3.63) is 40.9 Å². The van der Waals surface area contributed by atoms with Crippen LogP contribution in [-0.4, -0.2) is 33.8 Å². The molecule has 0 unspecified atom stereocenters. The highest BCUT2D eigenvalue weighted by Gasteiger charge is 2.16. The highest BCUT2D eigenvalue weighted by molar-refractivity contribution is 7.71. The molecule has 1 heterocycles. The Morgan fingerprint density at radius 3 is 2.53 bits per heavy atom. The molecule has 1 atom stereocenters. The van der Waals surface area contributed by atoms with E-state index >= 15 is 0 Å². The summed E-state index contributed by atoms with van der Waals surface area (Å²) >= 11 is 5.29. The molecule has 17 heavy (non-hydrogen) atoms. The van der Waals surface area contributed by atoms with Crippen molar-refractivity contribution in [3.8, 4) is 5.69 Å². The van der Waals surface area contributed by atoms with Crippen LogP contribution in [0.3, 0.4) is 0 Å². The fourth-order valence-corrected chi connectivity index (χ4v) is 1.89. The molecule has 0 saturated carbocycles. The smallest absolute Gasteiger partial charge is 0.199 e. The lowest BCUT2D eigenvalue weighted by molar-refractivity contribution is 0.305. The van der Waals surface area contributed by atoms with Crippen LogP contribution < -0.4 is 0 Å². The summed E-state index contributed by atoms with van der Waals surface area (Å²) in [6.07, 6.45) is 0. The molecular weight excluding hydrogens is 232 g/mol. The van der Waals surface area contributed by atoms with E-state index in [1.54, 1.807) is 0 Å². The van der Waals surface area contributed by atoms with Gasteiger partial charge >= 0.3 is 0 Å². The number of aromatic nitrogens is 3. The number of nitrogens with zero attached hydrogens (tertiary/aromatic N) is 3. The van der Waals surface area contributed by atoms with Crippen molar-refractivity contribution >= 4 is 12.2 Å². The van der Waals surface area contributed by atoms with Gasteiger partial charge in [-0.1, -0.05) is 18.2 Å². The summed E-state index contributed by atoms with van der Waals surface area (Å²) in [6.45, 7) is 2.10. The highest BCUT2D eigenvalue weighted by Crippen LogP contribution is 2.19. The lowest BCUT2D eigenvalue weighted by Gasteiger charge is -2.19. The predicted molar refractivity (Wildman–Crippen MR) is 70.9 cm³/mol. The zero-order valence-electron chi connectivity index (χ0n) is 10.2. The fourth-order valence-electron chi connectivity index (χ4n) is 1.65. The zero-order chi connectivity index (χ0) is 12.4. The number of hydrogen-bond acceptors (Lipinski definition) is 3. The maximum atomic E-state index is 5.29. The van der Waals surface area contributed by atoms with Crippen molar-refractivity contribution in [1.29, 1.82) is 0 Å². The highest BCUT2D eigenvalue weighted by atomic mass is 32.1. The van der Waals surface area contributed by atoms with Gasteiger partial charge in [0.15, 0.2) is 10.6 Å². The van der Waals surface area contributed by atoms with Crippen LogP contribution in [0.1, 0.15) is 18.8 Å². The van der Waals surface area contributed by atoms with Gasteiger partial charge in [0.2, 0.25) is 0 Å². The van der Waals surface area contributed by atoms with Gasteiger partial charge in [-0.15, -0.1) is 0 Å². The zero-order valence-corrected chi connectivity index (χ0v) is 11.0. The number of aromatic amines is 1. The maximum absolute atomic E-state index is 5.29. The van der Waals surface area contributed by atoms with E-state index in [0.29, 0.717) is 4.77 Å². The molecule has 0 saturated heterocycles. The van der Waals surface area contributed by atoms with Crippen LogP contribution in [0.15, 0.2) is 30.3 Å². The van der Waals surface area contributed by atoms with Gasteiger partial charge in [-0.05, 0) is 45.4 Å². The monoisotopic (exact) mass is 248 g/mol. The average molecular weight is 248 g/mol. The Morgan fingerprint density at radius 2 is 1.94 bits per heavy atom. The lowest BCUT2D eigenvalue weighted by atomic mass is 10.2. The van der Waals surface area contributed by atoms with Crippen LogP contribution in [0.4, 0.5) is 0 Å². The quantitative estimate of drug-likeness (QED) is 0.848. The molecule has 2 aromatic rings. The Hall–Kier alpha value is -1.46. The van der Waals surface area contributed by atoms with Gasteiger partial charge in [0.1, 0.15) is 0 Å². The van der Waals surface area contributed by atoms with Crippen molar-refractivity contribution in [3.63, 3.8) is 0 Å². The van der Waals surface area contributed by atoms with Gasteiger partial charge in [0, 0.05) is 5.69 Å². The Balaban J connectivity index is 2.55. The normalized spacial score (nSPS) is 12.9. The van der Waals surface area contributed by atoms with E-state index in [9.17, 15) is 0 Å². The van der Waals surface area contributed by atoms with Gasteiger partial charge < -0.3 is 0 Å². The number of H-pyrrole nitrogens is 1. The number of para-hydroxylation sites is 1. The molecule has 0 aliphatic heterocycles. The second-order valence-corrected chi connectivity index (χ2v) is 4.58. The van der Waals surface area contributed by atoms with E-state index in [4.69, 9.17) is 12.2 Å². The molecule has 2 rings (SSSR count). The molecule has 0 bridgehead atoms. The summed E-state index contributed by atoms with van der Waals surface area (Å²) in [6, 6.07) is 10.2. The van der Waals surface area contributed by atoms with Crippen molar-refractivity contribution in [1.82, 2.24) is 19.7 Å². The van der Waals surface area contributed by atoms with E-state index in [1.165, 1.54) is 0 Å². The summed E-state index contributed by atoms with van der Waals surface area (Å²) in [5.74, 6) is 0.922. The minimum absolute atomic E-state index is 0.197. The second-order valence-electron chi connectivity index (χ2n) is 4.20. The third-order valence-corrected chi connectivity index (χ3v) is 3.13. The van der Waals surface area contributed by atoms with Crippen LogP contribution in [0.25, 0.3) is 5.69 Å². The van der Waals surface area contributed by atoms with E-state index in [1.807, 2.05) is 49.0 Å². The van der Waals surface area contributed by atoms with Gasteiger partial charge in [-0.3, -0.25) is 14.6 Å². The van der Waals surface area contributed by atoms with Crippen LogP contribution in [0.2, 0.25) is 0 Å². The average Bonchev–Trinajstić information content (AvgIpc) is 2.71. The van der Waals surface area contributed by atoms with Crippen molar-refractivity contribution in [2.75, 3.05) is 14.1 Å². The van der Waals surface area contributed by atoms with Crippen LogP contribution in [-0.2, 0) is 0 Å². The minimum Gasteiger partial charge on any atom is -0.300 e. The van der Waals surface area contributed by atoms with Crippen molar-refractivity contribution in [2.45, 2.75) is 13.0 Å². The topological polar surface area (TPSA) is 36.9 Å². The standard InChI is InChI=1S/C12H16N4S/c1-9(15(2)3)11-13-14-12(17)16(11)10-7-5-4-6-8-10/h4-9H,1-3H3,(H,14,17)/t9-/m1/s1. The first-order chi connectivity index (χ1) is 8.11.